The Balaban J connectivity index is 2.07. The van der Waals surface area contributed by atoms with E-state index in [-0.39, 0.29) is 0 Å². The normalized spacial score (nSPS) is 12.5. The summed E-state index contributed by atoms with van der Waals surface area (Å²) >= 11 is 0. The molecule has 2 heterocycles. The first-order chi connectivity index (χ1) is 10.2. The molecule has 0 fully saturated rings. The van der Waals surface area contributed by atoms with Crippen LogP contribution in [0.25, 0.3) is 34.5 Å². The van der Waals surface area contributed by atoms with Crippen LogP contribution in [0.5, 0.6) is 0 Å². The highest BCUT2D eigenvalue weighted by atomic mass is 14.7. The van der Waals surface area contributed by atoms with Crippen LogP contribution in [0.3, 0.4) is 0 Å². The Morgan fingerprint density at radius 3 is 2.19 bits per heavy atom. The molecule has 4 rings (SSSR count). The van der Waals surface area contributed by atoms with Crippen LogP contribution in [0.4, 0.5) is 0 Å². The Hall–Kier alpha value is -2.74. The van der Waals surface area contributed by atoms with Crippen molar-refractivity contribution >= 4 is 34.5 Å². The van der Waals surface area contributed by atoms with Gasteiger partial charge in [-0.2, -0.15) is 0 Å². The van der Waals surface area contributed by atoms with E-state index < -0.39 is 0 Å². The molecule has 0 unspecified atom stereocenters. The molecule has 0 amide bonds. The molecule has 0 spiro atoms. The van der Waals surface area contributed by atoms with Gasteiger partial charge in [0.15, 0.2) is 0 Å². The predicted octanol–water partition coefficient (Wildman–Crippen LogP) is 3.20. The lowest BCUT2D eigenvalue weighted by molar-refractivity contribution is 1.34. The van der Waals surface area contributed by atoms with Gasteiger partial charge >= 0.3 is 0 Å². The quantitative estimate of drug-likeness (QED) is 0.533. The molecule has 0 aliphatic heterocycles. The highest BCUT2D eigenvalue weighted by Crippen LogP contribution is 2.21. The molecule has 2 nitrogen and oxygen atoms in total. The summed E-state index contributed by atoms with van der Waals surface area (Å²) in [4.78, 5) is 6.84. The number of nitrogens with one attached hydrogen (secondary N) is 2. The molecule has 2 aromatic carbocycles. The number of fused-ring (bicyclic) bond motifs is 2. The van der Waals surface area contributed by atoms with Crippen LogP contribution >= 0.6 is 0 Å². The summed E-state index contributed by atoms with van der Waals surface area (Å²) in [5.74, 6) is 0. The average molecular weight is 272 g/mol. The molecule has 0 bridgehead atoms. The first-order valence-corrected chi connectivity index (χ1v) is 7.09. The molecule has 2 N–H and O–H groups in total. The van der Waals surface area contributed by atoms with E-state index in [1.54, 1.807) is 0 Å². The van der Waals surface area contributed by atoms with Gasteiger partial charge in [0.2, 0.25) is 0 Å². The van der Waals surface area contributed by atoms with Gasteiger partial charge in [-0.25, -0.2) is 0 Å². The second kappa shape index (κ2) is 4.38. The van der Waals surface area contributed by atoms with Crippen LogP contribution in [-0.2, 0) is 0 Å². The zero-order chi connectivity index (χ0) is 14.4. The lowest BCUT2D eigenvalue weighted by atomic mass is 10.1. The summed E-state index contributed by atoms with van der Waals surface area (Å²) in [5.41, 5.74) is 4.72. The van der Waals surface area contributed by atoms with Crippen molar-refractivity contribution in [1.29, 1.82) is 0 Å². The third-order valence-corrected chi connectivity index (χ3v) is 4.12. The molecule has 2 aromatic heterocycles. The zero-order valence-corrected chi connectivity index (χ0v) is 11.9. The number of aryl methyl sites for hydroxylation is 1. The number of aromatic amines is 2. The highest BCUT2D eigenvalue weighted by Gasteiger charge is 2.05. The molecule has 4 aromatic rings. The Kier molecular flexibility index (Phi) is 2.51. The summed E-state index contributed by atoms with van der Waals surface area (Å²) in [6.07, 6.45) is 2.19. The number of rotatable bonds is 1. The third kappa shape index (κ3) is 1.80. The predicted molar refractivity (Wildman–Crippen MR) is 89.7 cm³/mol. The molecule has 0 radical (unpaired) electrons. The minimum atomic E-state index is 0.953. The van der Waals surface area contributed by atoms with E-state index in [9.17, 15) is 0 Å². The minimum Gasteiger partial charge on any atom is -0.355 e. The van der Waals surface area contributed by atoms with E-state index in [0.29, 0.717) is 0 Å². The van der Waals surface area contributed by atoms with Crippen molar-refractivity contribution in [3.63, 3.8) is 0 Å². The summed E-state index contributed by atoms with van der Waals surface area (Å²) in [7, 11) is 0. The lowest BCUT2D eigenvalue weighted by Crippen LogP contribution is -2.20. The van der Waals surface area contributed by atoms with Crippen LogP contribution in [0.2, 0.25) is 0 Å². The Morgan fingerprint density at radius 2 is 1.48 bits per heavy atom. The number of hydrogen-bond acceptors (Lipinski definition) is 0. The topological polar surface area (TPSA) is 31.6 Å². The Labute approximate surface area is 122 Å². The molecule has 0 aliphatic rings. The molecule has 0 saturated carbocycles. The first-order valence-electron chi connectivity index (χ1n) is 7.09. The fraction of sp³-hybridized carbons (Fsp3) is 0.0526. The molecule has 0 atom stereocenters. The number of H-pyrrole nitrogens is 2. The first kappa shape index (κ1) is 12.0. The fourth-order valence-electron chi connectivity index (χ4n) is 2.98. The van der Waals surface area contributed by atoms with E-state index in [1.165, 1.54) is 21.9 Å². The Bertz CT molecular complexity index is 1060. The van der Waals surface area contributed by atoms with Gasteiger partial charge in [0.25, 0.3) is 0 Å². The second-order valence-corrected chi connectivity index (χ2v) is 5.42. The SMILES string of the molecule is C=c1[nH]c2ccccc2/c1=C/c1[nH]c2ccccc2c1C. The molecule has 0 saturated heterocycles. The van der Waals surface area contributed by atoms with E-state index in [0.717, 1.165) is 21.8 Å². The van der Waals surface area contributed by atoms with E-state index >= 15 is 0 Å². The fourth-order valence-corrected chi connectivity index (χ4v) is 2.98. The van der Waals surface area contributed by atoms with Gasteiger partial charge < -0.3 is 9.97 Å². The van der Waals surface area contributed by atoms with Crippen molar-refractivity contribution in [2.24, 2.45) is 0 Å². The zero-order valence-electron chi connectivity index (χ0n) is 11.9. The number of aromatic nitrogens is 2. The van der Waals surface area contributed by atoms with Crippen molar-refractivity contribution in [3.05, 3.63) is 70.4 Å². The number of para-hydroxylation sites is 2. The second-order valence-electron chi connectivity index (χ2n) is 5.42. The molecule has 21 heavy (non-hydrogen) atoms. The van der Waals surface area contributed by atoms with Crippen LogP contribution in [0.1, 0.15) is 11.3 Å². The summed E-state index contributed by atoms with van der Waals surface area (Å²) < 4.78 is 0. The van der Waals surface area contributed by atoms with E-state index in [1.807, 2.05) is 6.07 Å². The van der Waals surface area contributed by atoms with Crippen molar-refractivity contribution in [2.75, 3.05) is 0 Å². The van der Waals surface area contributed by atoms with E-state index in [2.05, 4.69) is 72.0 Å². The monoisotopic (exact) mass is 272 g/mol. The van der Waals surface area contributed by atoms with Gasteiger partial charge in [-0.05, 0) is 30.7 Å². The average Bonchev–Trinajstić information content (AvgIpc) is 2.99. The standard InChI is InChI=1S/C19H16N2/c1-12-14-7-3-5-9-17(14)21-19(12)11-16-13(2)20-18-10-6-4-8-15(16)18/h3-11,20-21H,2H2,1H3/b16-11+. The molecular formula is C19H16N2. The smallest absolute Gasteiger partial charge is 0.0464 e. The van der Waals surface area contributed by atoms with E-state index in [4.69, 9.17) is 0 Å². The molecule has 2 heteroatoms. The maximum atomic E-state index is 4.14. The van der Waals surface area contributed by atoms with Crippen molar-refractivity contribution in [3.8, 4) is 0 Å². The largest absolute Gasteiger partial charge is 0.355 e. The van der Waals surface area contributed by atoms with Crippen molar-refractivity contribution in [1.82, 2.24) is 9.97 Å². The molecule has 0 aliphatic carbocycles. The van der Waals surface area contributed by atoms with Gasteiger partial charge in [-0.15, -0.1) is 0 Å². The minimum absolute atomic E-state index is 0.953. The summed E-state index contributed by atoms with van der Waals surface area (Å²) in [6, 6.07) is 16.7. The summed E-state index contributed by atoms with van der Waals surface area (Å²) in [6.45, 7) is 6.29. The maximum absolute atomic E-state index is 4.14. The Morgan fingerprint density at radius 1 is 0.857 bits per heavy atom. The van der Waals surface area contributed by atoms with Gasteiger partial charge in [0.05, 0.1) is 0 Å². The van der Waals surface area contributed by atoms with Gasteiger partial charge in [-0.1, -0.05) is 43.0 Å². The molecular weight excluding hydrogens is 256 g/mol. The number of benzene rings is 2. The van der Waals surface area contributed by atoms with Gasteiger partial charge in [0.1, 0.15) is 0 Å². The van der Waals surface area contributed by atoms with Crippen molar-refractivity contribution < 1.29 is 0 Å². The van der Waals surface area contributed by atoms with Crippen molar-refractivity contribution in [2.45, 2.75) is 6.92 Å². The highest BCUT2D eigenvalue weighted by molar-refractivity contribution is 5.88. The van der Waals surface area contributed by atoms with Gasteiger partial charge in [-0.3, -0.25) is 0 Å². The summed E-state index contributed by atoms with van der Waals surface area (Å²) in [5, 5.41) is 4.59. The van der Waals surface area contributed by atoms with Crippen LogP contribution in [0.15, 0.2) is 48.5 Å². The third-order valence-electron chi connectivity index (χ3n) is 4.12. The molecule has 102 valence electrons. The van der Waals surface area contributed by atoms with Crippen LogP contribution in [0, 0.1) is 6.92 Å². The maximum Gasteiger partial charge on any atom is 0.0464 e. The van der Waals surface area contributed by atoms with Crippen LogP contribution < -0.4 is 10.6 Å². The lowest BCUT2D eigenvalue weighted by Gasteiger charge is -1.91. The number of hydrogen-bond donors (Lipinski definition) is 2. The van der Waals surface area contributed by atoms with Gasteiger partial charge in [0, 0.05) is 38.1 Å². The van der Waals surface area contributed by atoms with Crippen LogP contribution in [-0.4, -0.2) is 9.97 Å².